The maximum absolute atomic E-state index is 13.2. The largest absolute Gasteiger partial charge is 0.383 e. The maximum Gasteiger partial charge on any atom is 0.261 e. The molecule has 1 aliphatic heterocycles. The fourth-order valence-electron chi connectivity index (χ4n) is 3.94. The number of aromatic nitrogens is 4. The minimum atomic E-state index is 0.000401. The van der Waals surface area contributed by atoms with Crippen molar-refractivity contribution in [3.05, 3.63) is 45.5 Å². The van der Waals surface area contributed by atoms with Crippen LogP contribution in [0.25, 0.3) is 10.9 Å². The smallest absolute Gasteiger partial charge is 0.261 e. The van der Waals surface area contributed by atoms with Crippen LogP contribution in [-0.2, 0) is 11.3 Å². The van der Waals surface area contributed by atoms with Gasteiger partial charge in [0.05, 0.1) is 30.1 Å². The van der Waals surface area contributed by atoms with Gasteiger partial charge in [0.2, 0.25) is 5.13 Å². The molecule has 3 heterocycles. The SMILES string of the molecule is COCCn1c(C2CCCN2c2nnc(C3CC3)s2)nc2ccccc2c1=O. The first kappa shape index (κ1) is 17.8. The lowest BCUT2D eigenvalue weighted by Gasteiger charge is -2.25. The first-order valence-corrected chi connectivity index (χ1v) is 10.7. The Morgan fingerprint density at radius 2 is 2.07 bits per heavy atom. The minimum absolute atomic E-state index is 0.000401. The van der Waals surface area contributed by atoms with Gasteiger partial charge in [-0.1, -0.05) is 23.5 Å². The molecular weight excluding hydrogens is 374 g/mol. The molecule has 1 atom stereocenters. The van der Waals surface area contributed by atoms with Gasteiger partial charge in [0.25, 0.3) is 5.56 Å². The maximum atomic E-state index is 13.2. The number of nitrogens with zero attached hydrogens (tertiary/aromatic N) is 5. The molecule has 0 spiro atoms. The topological polar surface area (TPSA) is 73.1 Å². The number of methoxy groups -OCH3 is 1. The zero-order valence-electron chi connectivity index (χ0n) is 15.9. The van der Waals surface area contributed by atoms with Crippen LogP contribution < -0.4 is 10.5 Å². The van der Waals surface area contributed by atoms with Crippen LogP contribution in [0.5, 0.6) is 0 Å². The van der Waals surface area contributed by atoms with Crippen LogP contribution in [0.3, 0.4) is 0 Å². The van der Waals surface area contributed by atoms with Crippen molar-refractivity contribution in [1.82, 2.24) is 19.7 Å². The van der Waals surface area contributed by atoms with Gasteiger partial charge in [0.15, 0.2) is 0 Å². The minimum Gasteiger partial charge on any atom is -0.383 e. The molecule has 3 aromatic rings. The van der Waals surface area contributed by atoms with Crippen LogP contribution in [0, 0.1) is 0 Å². The Hall–Kier alpha value is -2.32. The fraction of sp³-hybridized carbons (Fsp3) is 0.500. The van der Waals surface area contributed by atoms with Crippen LogP contribution in [0.4, 0.5) is 5.13 Å². The Kier molecular flexibility index (Phi) is 4.60. The third-order valence-corrected chi connectivity index (χ3v) is 6.69. The van der Waals surface area contributed by atoms with Gasteiger partial charge in [-0.05, 0) is 37.8 Å². The molecule has 2 aliphatic rings. The predicted molar refractivity (Wildman–Crippen MR) is 109 cm³/mol. The van der Waals surface area contributed by atoms with E-state index in [1.54, 1.807) is 23.0 Å². The number of ether oxygens (including phenoxy) is 1. The van der Waals surface area contributed by atoms with E-state index in [4.69, 9.17) is 9.72 Å². The first-order chi connectivity index (χ1) is 13.8. The highest BCUT2D eigenvalue weighted by Gasteiger charge is 2.34. The molecule has 7 nitrogen and oxygen atoms in total. The van der Waals surface area contributed by atoms with Crippen LogP contribution in [0.1, 0.15) is 48.5 Å². The average molecular weight is 398 g/mol. The zero-order chi connectivity index (χ0) is 19.1. The highest BCUT2D eigenvalue weighted by Crippen LogP contribution is 2.44. The van der Waals surface area contributed by atoms with Gasteiger partial charge in [0, 0.05) is 19.6 Å². The second kappa shape index (κ2) is 7.25. The molecule has 1 saturated heterocycles. The average Bonchev–Trinajstić information content (AvgIpc) is 3.25. The standard InChI is InChI=1S/C20H23N5O2S/c1-27-12-11-25-17(21-15-6-3-2-5-14(15)19(25)26)16-7-4-10-24(16)20-23-22-18(28-20)13-8-9-13/h2-3,5-6,13,16H,4,7-12H2,1H3. The molecule has 1 saturated carbocycles. The Bertz CT molecular complexity index is 1060. The van der Waals surface area contributed by atoms with Gasteiger partial charge in [-0.15, -0.1) is 10.2 Å². The van der Waals surface area contributed by atoms with Gasteiger partial charge in [0.1, 0.15) is 10.8 Å². The summed E-state index contributed by atoms with van der Waals surface area (Å²) in [5, 5.41) is 11.6. The summed E-state index contributed by atoms with van der Waals surface area (Å²) in [6.07, 6.45) is 4.45. The van der Waals surface area contributed by atoms with E-state index in [0.717, 1.165) is 40.9 Å². The van der Waals surface area contributed by atoms with E-state index < -0.39 is 0 Å². The summed E-state index contributed by atoms with van der Waals surface area (Å²) in [5.74, 6) is 1.41. The van der Waals surface area contributed by atoms with Crippen molar-refractivity contribution < 1.29 is 4.74 Å². The van der Waals surface area contributed by atoms with Crippen LogP contribution in [0.15, 0.2) is 29.1 Å². The lowest BCUT2D eigenvalue weighted by Crippen LogP contribution is -2.33. The Balaban J connectivity index is 1.58. The van der Waals surface area contributed by atoms with Crippen LogP contribution in [0.2, 0.25) is 0 Å². The molecule has 1 aromatic carbocycles. The quantitative estimate of drug-likeness (QED) is 0.636. The Morgan fingerprint density at radius 3 is 2.89 bits per heavy atom. The van der Waals surface area contributed by atoms with Gasteiger partial charge >= 0.3 is 0 Å². The molecule has 28 heavy (non-hydrogen) atoms. The van der Waals surface area contributed by atoms with E-state index >= 15 is 0 Å². The fourth-order valence-corrected chi connectivity index (χ4v) is 5.03. The molecule has 1 unspecified atom stereocenters. The highest BCUT2D eigenvalue weighted by molar-refractivity contribution is 7.15. The summed E-state index contributed by atoms with van der Waals surface area (Å²) in [5.41, 5.74) is 0.749. The molecule has 1 aliphatic carbocycles. The van der Waals surface area contributed by atoms with Crippen molar-refractivity contribution in [2.45, 2.75) is 44.2 Å². The number of hydrogen-bond acceptors (Lipinski definition) is 7. The second-order valence-electron chi connectivity index (χ2n) is 7.49. The Labute approximate surface area is 167 Å². The molecule has 0 radical (unpaired) electrons. The van der Waals surface area contributed by atoms with Crippen molar-refractivity contribution >= 4 is 27.4 Å². The number of rotatable bonds is 6. The summed E-state index contributed by atoms with van der Waals surface area (Å²) in [6.45, 7) is 1.89. The Morgan fingerprint density at radius 1 is 1.21 bits per heavy atom. The zero-order valence-corrected chi connectivity index (χ0v) is 16.7. The summed E-state index contributed by atoms with van der Waals surface area (Å²) >= 11 is 1.69. The highest BCUT2D eigenvalue weighted by atomic mass is 32.1. The normalized spacial score (nSPS) is 19.6. The van der Waals surface area contributed by atoms with Crippen molar-refractivity contribution in [2.75, 3.05) is 25.2 Å². The van der Waals surface area contributed by atoms with Crippen molar-refractivity contribution in [1.29, 1.82) is 0 Å². The molecule has 2 fully saturated rings. The van der Waals surface area contributed by atoms with E-state index in [-0.39, 0.29) is 11.6 Å². The molecule has 5 rings (SSSR count). The molecule has 0 amide bonds. The van der Waals surface area contributed by atoms with E-state index in [0.29, 0.717) is 24.5 Å². The molecule has 2 aromatic heterocycles. The molecule has 0 N–H and O–H groups in total. The molecule has 0 bridgehead atoms. The van der Waals surface area contributed by atoms with Gasteiger partial charge in [-0.3, -0.25) is 9.36 Å². The van der Waals surface area contributed by atoms with Crippen molar-refractivity contribution in [3.8, 4) is 0 Å². The second-order valence-corrected chi connectivity index (χ2v) is 8.47. The predicted octanol–water partition coefficient (Wildman–Crippen LogP) is 3.11. The number of fused-ring (bicyclic) bond motifs is 1. The summed E-state index contributed by atoms with van der Waals surface area (Å²) in [6, 6.07) is 7.60. The van der Waals surface area contributed by atoms with Gasteiger partial charge in [-0.25, -0.2) is 4.98 Å². The van der Waals surface area contributed by atoms with E-state index in [2.05, 4.69) is 15.1 Å². The van der Waals surface area contributed by atoms with Gasteiger partial charge in [-0.2, -0.15) is 0 Å². The lowest BCUT2D eigenvalue weighted by molar-refractivity contribution is 0.184. The number of anilines is 1. The third-order valence-electron chi connectivity index (χ3n) is 5.56. The number of hydrogen-bond donors (Lipinski definition) is 0. The van der Waals surface area contributed by atoms with Crippen molar-refractivity contribution in [2.24, 2.45) is 0 Å². The van der Waals surface area contributed by atoms with Gasteiger partial charge < -0.3 is 9.64 Å². The number of benzene rings is 1. The molecule has 146 valence electrons. The monoisotopic (exact) mass is 397 g/mol. The summed E-state index contributed by atoms with van der Waals surface area (Å²) in [4.78, 5) is 20.4. The summed E-state index contributed by atoms with van der Waals surface area (Å²) in [7, 11) is 1.65. The van der Waals surface area contributed by atoms with Crippen molar-refractivity contribution in [3.63, 3.8) is 0 Å². The third kappa shape index (κ3) is 3.10. The molecule has 8 heteroatoms. The van der Waals surface area contributed by atoms with Crippen LogP contribution in [-0.4, -0.2) is 40.0 Å². The number of para-hydroxylation sites is 1. The lowest BCUT2D eigenvalue weighted by atomic mass is 10.1. The van der Waals surface area contributed by atoms with E-state index in [1.807, 2.05) is 24.3 Å². The molecular formula is C20H23N5O2S. The van der Waals surface area contributed by atoms with E-state index in [9.17, 15) is 4.79 Å². The summed E-state index contributed by atoms with van der Waals surface area (Å²) < 4.78 is 7.05. The van der Waals surface area contributed by atoms with E-state index in [1.165, 1.54) is 12.8 Å². The first-order valence-electron chi connectivity index (χ1n) is 9.84. The van der Waals surface area contributed by atoms with Crippen LogP contribution >= 0.6 is 11.3 Å².